The van der Waals surface area contributed by atoms with E-state index in [1.807, 2.05) is 0 Å². The molecule has 1 aromatic rings. The van der Waals surface area contributed by atoms with Gasteiger partial charge in [0.1, 0.15) is 5.82 Å². The molecule has 0 saturated heterocycles. The molecule has 1 amide bonds. The number of hydrogen-bond acceptors (Lipinski definition) is 2. The van der Waals surface area contributed by atoms with Crippen molar-refractivity contribution < 1.29 is 9.18 Å². The molecule has 2 N–H and O–H groups in total. The Hall–Kier alpha value is -1.49. The van der Waals surface area contributed by atoms with Gasteiger partial charge in [0.2, 0.25) is 0 Å². The Morgan fingerprint density at radius 2 is 1.90 bits per heavy atom. The molecule has 0 aromatic heterocycles. The molecule has 1 rings (SSSR count). The predicted molar refractivity (Wildman–Crippen MR) is 83.2 cm³/mol. The molecule has 0 saturated carbocycles. The van der Waals surface area contributed by atoms with Gasteiger partial charge in [0.05, 0.1) is 4.99 Å². The first-order valence-electron chi connectivity index (χ1n) is 6.87. The highest BCUT2D eigenvalue weighted by Crippen LogP contribution is 2.09. The van der Waals surface area contributed by atoms with Gasteiger partial charge >= 0.3 is 0 Å². The molecule has 0 aliphatic carbocycles. The van der Waals surface area contributed by atoms with Crippen LogP contribution in [0, 0.1) is 5.82 Å². The van der Waals surface area contributed by atoms with Gasteiger partial charge in [-0.05, 0) is 30.7 Å². The van der Waals surface area contributed by atoms with Gasteiger partial charge in [-0.2, -0.15) is 0 Å². The molecule has 0 spiro atoms. The van der Waals surface area contributed by atoms with E-state index in [-0.39, 0.29) is 11.7 Å². The van der Waals surface area contributed by atoms with Crippen LogP contribution in [0.4, 0.5) is 4.39 Å². The molecule has 0 unspecified atom stereocenters. The van der Waals surface area contributed by atoms with E-state index in [0.717, 1.165) is 19.3 Å². The average molecular weight is 296 g/mol. The summed E-state index contributed by atoms with van der Waals surface area (Å²) in [5.41, 5.74) is 5.99. The predicted octanol–water partition coefficient (Wildman–Crippen LogP) is 3.13. The van der Waals surface area contributed by atoms with Gasteiger partial charge in [-0.3, -0.25) is 4.79 Å². The number of nitrogens with zero attached hydrogens (tertiary/aromatic N) is 1. The summed E-state index contributed by atoms with van der Waals surface area (Å²) in [4.78, 5) is 14.5. The molecule has 0 aliphatic heterocycles. The van der Waals surface area contributed by atoms with E-state index in [1.165, 1.54) is 24.3 Å². The van der Waals surface area contributed by atoms with Crippen LogP contribution in [0.1, 0.15) is 43.0 Å². The summed E-state index contributed by atoms with van der Waals surface area (Å²) in [7, 11) is 0. The van der Waals surface area contributed by atoms with Crippen LogP contribution in [0.2, 0.25) is 0 Å². The number of hydrogen-bond donors (Lipinski definition) is 1. The second kappa shape index (κ2) is 8.64. The van der Waals surface area contributed by atoms with E-state index in [2.05, 4.69) is 6.92 Å². The lowest BCUT2D eigenvalue weighted by molar-refractivity contribution is 0.0757. The smallest absolute Gasteiger partial charge is 0.253 e. The fourth-order valence-corrected chi connectivity index (χ4v) is 1.98. The van der Waals surface area contributed by atoms with Crippen molar-refractivity contribution in [1.29, 1.82) is 0 Å². The number of halogens is 1. The highest BCUT2D eigenvalue weighted by molar-refractivity contribution is 7.80. The number of benzene rings is 1. The van der Waals surface area contributed by atoms with Gasteiger partial charge in [-0.15, -0.1) is 0 Å². The third-order valence-corrected chi connectivity index (χ3v) is 3.24. The summed E-state index contributed by atoms with van der Waals surface area (Å²) in [5.74, 6) is -0.445. The van der Waals surface area contributed by atoms with Crippen molar-refractivity contribution in [3.05, 3.63) is 35.6 Å². The van der Waals surface area contributed by atoms with Crippen molar-refractivity contribution in [3.63, 3.8) is 0 Å². The first-order chi connectivity index (χ1) is 9.54. The Morgan fingerprint density at radius 3 is 2.45 bits per heavy atom. The van der Waals surface area contributed by atoms with Gasteiger partial charge in [0.15, 0.2) is 0 Å². The summed E-state index contributed by atoms with van der Waals surface area (Å²) in [5, 5.41) is 0. The Bertz CT molecular complexity index is 448. The van der Waals surface area contributed by atoms with E-state index in [4.69, 9.17) is 18.0 Å². The molecule has 0 atom stereocenters. The van der Waals surface area contributed by atoms with E-state index in [9.17, 15) is 9.18 Å². The van der Waals surface area contributed by atoms with Gasteiger partial charge in [-0.25, -0.2) is 4.39 Å². The zero-order valence-corrected chi connectivity index (χ0v) is 12.6. The normalized spacial score (nSPS) is 10.3. The van der Waals surface area contributed by atoms with Crippen LogP contribution in [-0.4, -0.2) is 28.9 Å². The highest BCUT2D eigenvalue weighted by Gasteiger charge is 2.15. The standard InChI is InChI=1S/C15H21FN2OS/c1-2-3-4-10-18(11-9-14(17)20)15(19)12-5-7-13(16)8-6-12/h5-8H,2-4,9-11H2,1H3,(H2,17,20). The van der Waals surface area contributed by atoms with Crippen LogP contribution in [0.5, 0.6) is 0 Å². The molecule has 110 valence electrons. The number of amides is 1. The van der Waals surface area contributed by atoms with E-state index in [0.29, 0.717) is 30.1 Å². The second-order valence-corrected chi connectivity index (χ2v) is 5.25. The Labute approximate surface area is 125 Å². The van der Waals surface area contributed by atoms with Crippen molar-refractivity contribution in [1.82, 2.24) is 4.90 Å². The number of nitrogens with two attached hydrogens (primary N) is 1. The minimum absolute atomic E-state index is 0.0997. The van der Waals surface area contributed by atoms with Crippen LogP contribution in [0.15, 0.2) is 24.3 Å². The number of thiocarbonyl (C=S) groups is 1. The van der Waals surface area contributed by atoms with Gasteiger partial charge in [0, 0.05) is 25.1 Å². The summed E-state index contributed by atoms with van der Waals surface area (Å²) in [6.07, 6.45) is 3.61. The molecule has 0 radical (unpaired) electrons. The third kappa shape index (κ3) is 5.65. The topological polar surface area (TPSA) is 46.3 Å². The summed E-state index contributed by atoms with van der Waals surface area (Å²) in [6, 6.07) is 5.60. The molecule has 0 fully saturated rings. The number of carbonyl (C=O) groups excluding carboxylic acids is 1. The van der Waals surface area contributed by atoms with Crippen LogP contribution in [0.25, 0.3) is 0 Å². The van der Waals surface area contributed by atoms with Crippen LogP contribution < -0.4 is 5.73 Å². The average Bonchev–Trinajstić information content (AvgIpc) is 2.42. The lowest BCUT2D eigenvalue weighted by atomic mass is 10.1. The molecule has 5 heteroatoms. The first kappa shape index (κ1) is 16.6. The minimum Gasteiger partial charge on any atom is -0.393 e. The maximum Gasteiger partial charge on any atom is 0.253 e. The van der Waals surface area contributed by atoms with E-state index < -0.39 is 0 Å². The van der Waals surface area contributed by atoms with E-state index in [1.54, 1.807) is 4.90 Å². The van der Waals surface area contributed by atoms with Crippen molar-refractivity contribution in [2.75, 3.05) is 13.1 Å². The maximum absolute atomic E-state index is 12.9. The van der Waals surface area contributed by atoms with Crippen molar-refractivity contribution in [2.45, 2.75) is 32.6 Å². The first-order valence-corrected chi connectivity index (χ1v) is 7.28. The summed E-state index contributed by atoms with van der Waals surface area (Å²) >= 11 is 4.86. The van der Waals surface area contributed by atoms with Crippen molar-refractivity contribution in [2.24, 2.45) is 5.73 Å². The molecule has 0 heterocycles. The van der Waals surface area contributed by atoms with Gasteiger partial charge < -0.3 is 10.6 Å². The van der Waals surface area contributed by atoms with Crippen molar-refractivity contribution in [3.8, 4) is 0 Å². The van der Waals surface area contributed by atoms with Crippen LogP contribution in [0.3, 0.4) is 0 Å². The molecular weight excluding hydrogens is 275 g/mol. The van der Waals surface area contributed by atoms with Crippen molar-refractivity contribution >= 4 is 23.1 Å². The molecule has 1 aromatic carbocycles. The lowest BCUT2D eigenvalue weighted by Crippen LogP contribution is -2.34. The lowest BCUT2D eigenvalue weighted by Gasteiger charge is -2.22. The Morgan fingerprint density at radius 1 is 1.25 bits per heavy atom. The van der Waals surface area contributed by atoms with Crippen LogP contribution >= 0.6 is 12.2 Å². The fraction of sp³-hybridized carbons (Fsp3) is 0.467. The highest BCUT2D eigenvalue weighted by atomic mass is 32.1. The molecule has 3 nitrogen and oxygen atoms in total. The SMILES string of the molecule is CCCCCN(CCC(N)=S)C(=O)c1ccc(F)cc1. The van der Waals surface area contributed by atoms with Crippen LogP contribution in [-0.2, 0) is 0 Å². The quantitative estimate of drug-likeness (QED) is 0.592. The third-order valence-electron chi connectivity index (χ3n) is 3.04. The van der Waals surface area contributed by atoms with E-state index >= 15 is 0 Å². The molecule has 20 heavy (non-hydrogen) atoms. The monoisotopic (exact) mass is 296 g/mol. The zero-order valence-electron chi connectivity index (χ0n) is 11.8. The molecular formula is C15H21FN2OS. The zero-order chi connectivity index (χ0) is 15.0. The Balaban J connectivity index is 2.71. The molecule has 0 aliphatic rings. The molecule has 0 bridgehead atoms. The maximum atomic E-state index is 12.9. The Kier molecular flexibility index (Phi) is 7.15. The van der Waals surface area contributed by atoms with Gasteiger partial charge in [-0.1, -0.05) is 32.0 Å². The fourth-order valence-electron chi connectivity index (χ4n) is 1.89. The largest absolute Gasteiger partial charge is 0.393 e. The number of unbranched alkanes of at least 4 members (excludes halogenated alkanes) is 2. The number of rotatable bonds is 8. The number of carbonyl (C=O) groups is 1. The second-order valence-electron chi connectivity index (χ2n) is 4.72. The summed E-state index contributed by atoms with van der Waals surface area (Å²) < 4.78 is 12.9. The summed E-state index contributed by atoms with van der Waals surface area (Å²) in [6.45, 7) is 3.29. The van der Waals surface area contributed by atoms with Gasteiger partial charge in [0.25, 0.3) is 5.91 Å². The minimum atomic E-state index is -0.345.